The van der Waals surface area contributed by atoms with Gasteiger partial charge in [0.1, 0.15) is 11.9 Å². The topological polar surface area (TPSA) is 86.1 Å². The number of hydrogen-bond acceptors (Lipinski definition) is 5. The molecule has 1 heterocycles. The normalized spacial score (nSPS) is 11.2. The molecule has 0 unspecified atom stereocenters. The van der Waals surface area contributed by atoms with E-state index in [1.165, 1.54) is 11.0 Å². The molecule has 0 aliphatic rings. The van der Waals surface area contributed by atoms with Gasteiger partial charge < -0.3 is 10.1 Å². The second-order valence-corrected chi connectivity index (χ2v) is 5.16. The lowest BCUT2D eigenvalue weighted by Gasteiger charge is -2.19. The van der Waals surface area contributed by atoms with Crippen LogP contribution in [0.25, 0.3) is 0 Å². The number of amides is 1. The average Bonchev–Trinajstić information content (AvgIpc) is 2.68. The Kier molecular flexibility index (Phi) is 5.02. The number of alkyl carbamates (subject to hydrolysis) is 1. The lowest BCUT2D eigenvalue weighted by Crippen LogP contribution is -2.33. The average molecular weight is 268 g/mol. The zero-order chi connectivity index (χ0) is 14.5. The van der Waals surface area contributed by atoms with Crippen LogP contribution in [0.2, 0.25) is 0 Å². The molecule has 0 fully saturated rings. The van der Waals surface area contributed by atoms with Gasteiger partial charge in [-0.2, -0.15) is 5.10 Å². The van der Waals surface area contributed by atoms with Crippen LogP contribution in [0.5, 0.6) is 0 Å². The van der Waals surface area contributed by atoms with Crippen LogP contribution in [0.3, 0.4) is 0 Å². The molecule has 19 heavy (non-hydrogen) atoms. The molecule has 1 aromatic rings. The molecule has 0 aliphatic carbocycles. The van der Waals surface area contributed by atoms with Crippen LogP contribution < -0.4 is 5.32 Å². The smallest absolute Gasteiger partial charge is 0.407 e. The highest BCUT2D eigenvalue weighted by Crippen LogP contribution is 2.06. The van der Waals surface area contributed by atoms with Crippen LogP contribution in [-0.4, -0.2) is 38.8 Å². The quantitative estimate of drug-likeness (QED) is 0.642. The predicted octanol–water partition coefficient (Wildman–Crippen LogP) is 1.30. The minimum Gasteiger partial charge on any atom is -0.444 e. The van der Waals surface area contributed by atoms with Crippen LogP contribution in [0.1, 0.15) is 44.2 Å². The zero-order valence-electron chi connectivity index (χ0n) is 11.8. The fourth-order valence-electron chi connectivity index (χ4n) is 1.41. The van der Waals surface area contributed by atoms with Crippen LogP contribution in [0.15, 0.2) is 6.33 Å². The number of carbonyl (C=O) groups excluding carboxylic acids is 2. The van der Waals surface area contributed by atoms with E-state index in [0.29, 0.717) is 25.2 Å². The van der Waals surface area contributed by atoms with E-state index in [4.69, 9.17) is 4.74 Å². The van der Waals surface area contributed by atoms with Gasteiger partial charge in [-0.25, -0.2) is 14.5 Å². The van der Waals surface area contributed by atoms with E-state index in [1.807, 2.05) is 0 Å². The Hall–Kier alpha value is -1.92. The molecule has 1 aromatic heterocycles. The summed E-state index contributed by atoms with van der Waals surface area (Å²) < 4.78 is 6.51. The van der Waals surface area contributed by atoms with Crippen molar-refractivity contribution in [3.8, 4) is 0 Å². The Morgan fingerprint density at radius 3 is 2.63 bits per heavy atom. The minimum atomic E-state index is -0.515. The molecule has 0 atom stereocenters. The highest BCUT2D eigenvalue weighted by Gasteiger charge is 2.16. The Bertz CT molecular complexity index is 448. The monoisotopic (exact) mass is 268 g/mol. The van der Waals surface area contributed by atoms with Gasteiger partial charge in [0.15, 0.2) is 11.6 Å². The van der Waals surface area contributed by atoms with Gasteiger partial charge in [0, 0.05) is 20.0 Å². The summed E-state index contributed by atoms with van der Waals surface area (Å²) in [7, 11) is 1.67. The number of Topliss-reactive ketones (excluding diaryl/α,β-unsaturated/α-hetero) is 1. The summed E-state index contributed by atoms with van der Waals surface area (Å²) in [6.07, 6.45) is 1.71. The molecule has 7 nitrogen and oxygen atoms in total. The molecular weight excluding hydrogens is 248 g/mol. The number of ether oxygens (including phenoxy) is 1. The molecule has 0 spiro atoms. The third-order valence-electron chi connectivity index (χ3n) is 2.21. The van der Waals surface area contributed by atoms with Gasteiger partial charge >= 0.3 is 6.09 Å². The van der Waals surface area contributed by atoms with E-state index in [1.54, 1.807) is 27.8 Å². The van der Waals surface area contributed by atoms with Gasteiger partial charge in [-0.05, 0) is 27.2 Å². The number of rotatable bonds is 5. The molecule has 1 N–H and O–H groups in total. The SMILES string of the molecule is Cn1ncnc1C(=O)CCCNC(=O)OC(C)(C)C. The second kappa shape index (κ2) is 6.31. The number of aryl methyl sites for hydroxylation is 1. The van der Waals surface area contributed by atoms with Crippen LogP contribution >= 0.6 is 0 Å². The first-order chi connectivity index (χ1) is 8.79. The van der Waals surface area contributed by atoms with E-state index >= 15 is 0 Å². The summed E-state index contributed by atoms with van der Waals surface area (Å²) in [6, 6.07) is 0. The van der Waals surface area contributed by atoms with Crippen molar-refractivity contribution in [2.75, 3.05) is 6.54 Å². The zero-order valence-corrected chi connectivity index (χ0v) is 11.8. The molecule has 1 rings (SSSR count). The van der Waals surface area contributed by atoms with E-state index in [0.717, 1.165) is 0 Å². The first-order valence-corrected chi connectivity index (χ1v) is 6.13. The fourth-order valence-corrected chi connectivity index (χ4v) is 1.41. The molecule has 0 aliphatic heterocycles. The van der Waals surface area contributed by atoms with Crippen LogP contribution in [0.4, 0.5) is 4.79 Å². The number of nitrogens with zero attached hydrogens (tertiary/aromatic N) is 3. The van der Waals surface area contributed by atoms with Gasteiger partial charge in [0.05, 0.1) is 0 Å². The van der Waals surface area contributed by atoms with Crippen LogP contribution in [0, 0.1) is 0 Å². The summed E-state index contributed by atoms with van der Waals surface area (Å²) in [5.74, 6) is 0.239. The van der Waals surface area contributed by atoms with Crippen molar-refractivity contribution in [3.63, 3.8) is 0 Å². The molecule has 0 saturated carbocycles. The standard InChI is InChI=1S/C12H20N4O3/c1-12(2,3)19-11(18)13-7-5-6-9(17)10-14-8-15-16(10)4/h8H,5-7H2,1-4H3,(H,13,18). The third kappa shape index (κ3) is 5.50. The first kappa shape index (κ1) is 15.1. The second-order valence-electron chi connectivity index (χ2n) is 5.16. The predicted molar refractivity (Wildman–Crippen MR) is 68.8 cm³/mol. The van der Waals surface area contributed by atoms with Gasteiger partial charge in [0.25, 0.3) is 0 Å². The van der Waals surface area contributed by atoms with Crippen molar-refractivity contribution in [2.24, 2.45) is 7.05 Å². The van der Waals surface area contributed by atoms with E-state index in [9.17, 15) is 9.59 Å². The lowest BCUT2D eigenvalue weighted by molar-refractivity contribution is 0.0525. The number of ketones is 1. The summed E-state index contributed by atoms with van der Waals surface area (Å²) in [5, 5.41) is 6.43. The van der Waals surface area contributed by atoms with E-state index < -0.39 is 11.7 Å². The number of nitrogens with one attached hydrogen (secondary N) is 1. The lowest BCUT2D eigenvalue weighted by atomic mass is 10.2. The number of carbonyl (C=O) groups is 2. The minimum absolute atomic E-state index is 0.0917. The molecule has 0 saturated heterocycles. The largest absolute Gasteiger partial charge is 0.444 e. The van der Waals surface area contributed by atoms with Gasteiger partial charge in [-0.1, -0.05) is 0 Å². The fraction of sp³-hybridized carbons (Fsp3) is 0.667. The number of aromatic nitrogens is 3. The summed E-state index contributed by atoms with van der Waals surface area (Å²) >= 11 is 0. The van der Waals surface area contributed by atoms with Crippen molar-refractivity contribution in [1.82, 2.24) is 20.1 Å². The van der Waals surface area contributed by atoms with Crippen molar-refractivity contribution in [3.05, 3.63) is 12.2 Å². The molecular formula is C12H20N4O3. The Morgan fingerprint density at radius 2 is 2.11 bits per heavy atom. The maximum Gasteiger partial charge on any atom is 0.407 e. The Labute approximate surface area is 112 Å². The maximum atomic E-state index is 11.7. The molecule has 0 bridgehead atoms. The van der Waals surface area contributed by atoms with Gasteiger partial charge in [-0.15, -0.1) is 0 Å². The van der Waals surface area contributed by atoms with Crippen molar-refractivity contribution >= 4 is 11.9 Å². The molecule has 1 amide bonds. The Balaban J connectivity index is 2.23. The van der Waals surface area contributed by atoms with Gasteiger partial charge in [-0.3, -0.25) is 4.79 Å². The number of hydrogen-bond donors (Lipinski definition) is 1. The van der Waals surface area contributed by atoms with Gasteiger partial charge in [0.2, 0.25) is 0 Å². The summed E-state index contributed by atoms with van der Waals surface area (Å²) in [6.45, 7) is 5.77. The molecule has 0 aromatic carbocycles. The van der Waals surface area contributed by atoms with Crippen molar-refractivity contribution < 1.29 is 14.3 Å². The maximum absolute atomic E-state index is 11.7. The highest BCUT2D eigenvalue weighted by atomic mass is 16.6. The summed E-state index contributed by atoms with van der Waals surface area (Å²) in [5.41, 5.74) is -0.515. The Morgan fingerprint density at radius 1 is 1.42 bits per heavy atom. The van der Waals surface area contributed by atoms with Crippen molar-refractivity contribution in [1.29, 1.82) is 0 Å². The first-order valence-electron chi connectivity index (χ1n) is 6.13. The highest BCUT2D eigenvalue weighted by molar-refractivity contribution is 5.92. The summed E-state index contributed by atoms with van der Waals surface area (Å²) in [4.78, 5) is 26.9. The third-order valence-corrected chi connectivity index (χ3v) is 2.21. The molecule has 106 valence electrons. The molecule has 7 heteroatoms. The van der Waals surface area contributed by atoms with E-state index in [-0.39, 0.29) is 5.78 Å². The van der Waals surface area contributed by atoms with Crippen LogP contribution in [-0.2, 0) is 11.8 Å². The van der Waals surface area contributed by atoms with E-state index in [2.05, 4.69) is 15.4 Å². The molecule has 0 radical (unpaired) electrons. The van der Waals surface area contributed by atoms with Crippen molar-refractivity contribution in [2.45, 2.75) is 39.2 Å².